The average Bonchev–Trinajstić information content (AvgIpc) is 1.07. The van der Waals surface area contributed by atoms with Gasteiger partial charge in [-0.1, -0.05) is 126 Å². The van der Waals surface area contributed by atoms with Gasteiger partial charge in [-0.2, -0.15) is 0 Å². The lowest BCUT2D eigenvalue weighted by Gasteiger charge is -2.47. The molecule has 8 heterocycles. The van der Waals surface area contributed by atoms with Crippen LogP contribution in [0.4, 0.5) is 207 Å². The van der Waals surface area contributed by atoms with E-state index >= 15 is 87.8 Å². The summed E-state index contributed by atoms with van der Waals surface area (Å²) in [5.74, 6) is -28.9. The number of benzene rings is 17. The van der Waals surface area contributed by atoms with Gasteiger partial charge in [0, 0.05) is 87.4 Å². The van der Waals surface area contributed by atoms with E-state index in [1.54, 1.807) is 0 Å². The number of anilines is 21. The molecule has 2 aromatic heterocycles. The second-order valence-electron chi connectivity index (χ2n) is 38.7. The molecule has 0 spiro atoms. The van der Waals surface area contributed by atoms with Gasteiger partial charge in [-0.05, 0) is 242 Å². The van der Waals surface area contributed by atoms with Crippen molar-refractivity contribution in [3.05, 3.63) is 407 Å². The van der Waals surface area contributed by atoms with Gasteiger partial charge in [0.15, 0.2) is 0 Å². The zero-order valence-electron chi connectivity index (χ0n) is 77.6. The van der Waals surface area contributed by atoms with Crippen LogP contribution in [0.3, 0.4) is 0 Å². The molecule has 9 nitrogen and oxygen atoms in total. The van der Waals surface area contributed by atoms with Gasteiger partial charge in [0.25, 0.3) is 20.1 Å². The monoisotopic (exact) mass is 2040 g/mol. The van der Waals surface area contributed by atoms with Crippen LogP contribution in [-0.4, -0.2) is 20.1 Å². The fourth-order valence-corrected chi connectivity index (χ4v) is 24.3. The SMILES string of the molecule is CC(C)(C)c1ccc2sc3c(c2c1)Oc1cc(N(c2c(F)cccc2F)c2c(F)cccc2F)cc2c1B3c1cc3c(cc1N2c1c(F)cccc1F)N(c1c(F)cccc1F)c1cc(N(c2c(F)cccc2F)c2c(F)cccc2F)cc2c1B3c1cc3c(cc1N2c1c(F)cccc1F)N(c1c(F)cccc1F)c1cc(N(c2c(F)cccc2F)c2c(F)cccc2F)cc2c1B3c1sc3ccc(C(C)(C)C)cc3c1O2. The first-order valence-electron chi connectivity index (χ1n) is 46.4. The van der Waals surface area contributed by atoms with Crippen molar-refractivity contribution >= 4 is 230 Å². The van der Waals surface area contributed by atoms with Crippen molar-refractivity contribution in [2.75, 3.05) is 34.3 Å². The zero-order chi connectivity index (χ0) is 103. The van der Waals surface area contributed by atoms with Crippen LogP contribution >= 0.6 is 22.7 Å². The van der Waals surface area contributed by atoms with Gasteiger partial charge in [-0.3, -0.25) is 14.7 Å². The lowest BCUT2D eigenvalue weighted by atomic mass is 9.30. The summed E-state index contributed by atoms with van der Waals surface area (Å²) in [7, 11) is 0. The van der Waals surface area contributed by atoms with Gasteiger partial charge < -0.3 is 29.1 Å². The Bertz CT molecular complexity index is 8260. The summed E-state index contributed by atoms with van der Waals surface area (Å²) in [4.78, 5) is 5.42. The number of para-hydroxylation sites is 10. The summed E-state index contributed by atoms with van der Waals surface area (Å²) in [5.41, 5.74) is -16.9. The van der Waals surface area contributed by atoms with Gasteiger partial charge in [0.2, 0.25) is 0 Å². The number of fused-ring (bicyclic) bond motifs is 16. The Hall–Kier alpha value is -16.3. The lowest BCUT2D eigenvalue weighted by molar-refractivity contribution is 0.494. The molecule has 0 bridgehead atoms. The molecule has 0 unspecified atom stereocenters. The van der Waals surface area contributed by atoms with Crippen molar-refractivity contribution in [3.63, 3.8) is 0 Å². The third-order valence-electron chi connectivity index (χ3n) is 28.1. The molecule has 19 aromatic rings. The van der Waals surface area contributed by atoms with Crippen LogP contribution in [0.5, 0.6) is 23.0 Å². The molecule has 34 heteroatoms. The van der Waals surface area contributed by atoms with E-state index in [0.717, 1.165) is 260 Å². The smallest absolute Gasteiger partial charge is 0.268 e. The number of thiophene rings is 2. The maximum absolute atomic E-state index is 18.9. The minimum absolute atomic E-state index is 0.00905. The third kappa shape index (κ3) is 13.8. The number of nitrogens with zero attached hydrogens (tertiary/aromatic N) is 7. The van der Waals surface area contributed by atoms with Crippen LogP contribution in [0.25, 0.3) is 20.2 Å². The molecule has 148 heavy (non-hydrogen) atoms. The molecule has 0 fully saturated rings. The highest BCUT2D eigenvalue weighted by Gasteiger charge is 2.55. The number of hydrogen-bond acceptors (Lipinski definition) is 11. The second kappa shape index (κ2) is 33.6. The summed E-state index contributed by atoms with van der Waals surface area (Å²) in [6, 6.07) is 49.3. The molecule has 0 N–H and O–H groups in total. The summed E-state index contributed by atoms with van der Waals surface area (Å²) < 4.78 is 376. The fourth-order valence-electron chi connectivity index (χ4n) is 21.8. The van der Waals surface area contributed by atoms with Crippen LogP contribution in [0, 0.1) is 116 Å². The van der Waals surface area contributed by atoms with Crippen LogP contribution in [0.2, 0.25) is 0 Å². The fraction of sp³-hybridized carbons (Fsp3) is 0.0702. The van der Waals surface area contributed by atoms with Gasteiger partial charge in [-0.25, -0.2) is 87.8 Å². The third-order valence-corrected chi connectivity index (χ3v) is 30.6. The van der Waals surface area contributed by atoms with E-state index < -0.39 is 244 Å². The Labute approximate surface area is 838 Å². The van der Waals surface area contributed by atoms with Gasteiger partial charge in [0.05, 0.1) is 17.1 Å². The van der Waals surface area contributed by atoms with Crippen molar-refractivity contribution in [2.24, 2.45) is 0 Å². The Balaban J connectivity index is 0.871. The molecule has 6 aliphatic rings. The van der Waals surface area contributed by atoms with Crippen molar-refractivity contribution in [1.29, 1.82) is 0 Å². The number of rotatable bonds is 13. The second-order valence-corrected chi connectivity index (χ2v) is 40.8. The van der Waals surface area contributed by atoms with E-state index in [-0.39, 0.29) is 84.0 Å². The van der Waals surface area contributed by atoms with Crippen LogP contribution in [0.15, 0.2) is 279 Å². The molecule has 0 atom stereocenters. The first-order chi connectivity index (χ1) is 71.0. The first kappa shape index (κ1) is 92.8. The highest BCUT2D eigenvalue weighted by molar-refractivity contribution is 7.34. The molecule has 17 aromatic carbocycles. The summed E-state index contributed by atoms with van der Waals surface area (Å²) in [5, 5.41) is 0.854. The molecule has 728 valence electrons. The van der Waals surface area contributed by atoms with Gasteiger partial charge >= 0.3 is 0 Å². The van der Waals surface area contributed by atoms with E-state index in [9.17, 15) is 0 Å². The molecular formula is C114H64B3F20N7O2S2. The van der Waals surface area contributed by atoms with E-state index in [1.165, 1.54) is 36.4 Å². The predicted molar refractivity (Wildman–Crippen MR) is 544 cm³/mol. The number of halogens is 20. The van der Waals surface area contributed by atoms with E-state index in [4.69, 9.17) is 9.47 Å². The van der Waals surface area contributed by atoms with E-state index in [0.29, 0.717) is 44.4 Å². The maximum atomic E-state index is 18.9. The first-order valence-corrected chi connectivity index (χ1v) is 48.0. The predicted octanol–water partition coefficient (Wildman–Crippen LogP) is 28.8. The molecule has 0 aliphatic carbocycles. The Morgan fingerprint density at radius 2 is 0.446 bits per heavy atom. The standard InChI is InChI=1S/C114H64B3F20N7O2S2/c1-113(2,3)53-37-39-94-58(41-53)109-111(147-94)116-62-49-60-84(51-86(62)143(107-80(134)33-15-34-81(107)135)90-45-56(47-92(145-109)97(90)116)139(101-68(122)21-9-22-69(101)123)102-70(124)23-10-24-71(102)125)141(105-76(130)29-13-30-77(105)131)88-43-55(138(99-64(118)17-7-18-65(99)119)100-66(120)19-8-20-67(100)121)44-89-96(88)115(60)61-50-63-87(52-85(61)142(89)106-78(132)31-14-32-79(106)133)144(108-82(136)35-16-36-83(108)137)91-46-57(140(103-72(126)25-11-26-73(103)127)104-74(128)27-12-28-75(104)129)48-93-98(91)117(63)112-110(146-93)59-42-54(114(4,5)6)38-40-95(59)148-112/h7-52H,1-6H3. The normalized spacial score (nSPS) is 13.4. The summed E-state index contributed by atoms with van der Waals surface area (Å²) in [6.07, 6.45) is 0. The van der Waals surface area contributed by atoms with E-state index in [1.807, 2.05) is 77.9 Å². The van der Waals surface area contributed by atoms with Crippen molar-refractivity contribution in [3.8, 4) is 23.0 Å². The number of hydrogen-bond donors (Lipinski definition) is 0. The molecule has 0 radical (unpaired) electrons. The van der Waals surface area contributed by atoms with Crippen LogP contribution < -0.4 is 91.6 Å². The van der Waals surface area contributed by atoms with Crippen molar-refractivity contribution < 1.29 is 97.3 Å². The average molecular weight is 2040 g/mol. The zero-order valence-corrected chi connectivity index (χ0v) is 79.2. The highest BCUT2D eigenvalue weighted by atomic mass is 32.1. The lowest BCUT2D eigenvalue weighted by Crippen LogP contribution is -2.66. The summed E-state index contributed by atoms with van der Waals surface area (Å²) >= 11 is 2.32. The quantitative estimate of drug-likeness (QED) is 0.0829. The molecule has 0 amide bonds. The van der Waals surface area contributed by atoms with Crippen molar-refractivity contribution in [2.45, 2.75) is 52.4 Å². The largest absolute Gasteiger partial charge is 0.457 e. The van der Waals surface area contributed by atoms with Gasteiger partial charge in [0.1, 0.15) is 196 Å². The van der Waals surface area contributed by atoms with Gasteiger partial charge in [-0.15, -0.1) is 22.7 Å². The summed E-state index contributed by atoms with van der Waals surface area (Å²) in [6.45, 7) is 6.98. The minimum Gasteiger partial charge on any atom is -0.457 e. The highest BCUT2D eigenvalue weighted by Crippen LogP contribution is 2.59. The Kier molecular flexibility index (Phi) is 21.1. The molecule has 0 saturated carbocycles. The minimum atomic E-state index is -1.82. The number of ether oxygens (including phenoxy) is 2. The van der Waals surface area contributed by atoms with E-state index in [2.05, 4.69) is 0 Å². The topological polar surface area (TPSA) is 41.1 Å². The maximum Gasteiger partial charge on any atom is 0.268 e. The Morgan fingerprint density at radius 3 is 0.682 bits per heavy atom. The molecule has 25 rings (SSSR count). The van der Waals surface area contributed by atoms with Crippen molar-refractivity contribution in [1.82, 2.24) is 0 Å². The molecular weight excluding hydrogens is 1980 g/mol. The molecule has 6 aliphatic heterocycles. The van der Waals surface area contributed by atoms with Crippen LogP contribution in [-0.2, 0) is 10.8 Å². The molecule has 0 saturated heterocycles. The van der Waals surface area contributed by atoms with Crippen LogP contribution in [0.1, 0.15) is 52.7 Å². The Morgan fingerprint density at radius 1 is 0.230 bits per heavy atom.